The Balaban J connectivity index is 0.000000185. The molecular weight excluding hydrogens is 222 g/mol. The van der Waals surface area contributed by atoms with Gasteiger partial charge in [0.05, 0.1) is 5.52 Å². The van der Waals surface area contributed by atoms with Crippen LogP contribution in [0.25, 0.3) is 10.9 Å². The van der Waals surface area contributed by atoms with Crippen molar-refractivity contribution >= 4 is 19.7 Å². The van der Waals surface area contributed by atoms with Crippen molar-refractivity contribution in [3.63, 3.8) is 0 Å². The van der Waals surface area contributed by atoms with E-state index >= 15 is 0 Å². The summed E-state index contributed by atoms with van der Waals surface area (Å²) in [5.74, 6) is 0. The third-order valence-electron chi connectivity index (χ3n) is 3.01. The molecule has 0 saturated carbocycles. The van der Waals surface area contributed by atoms with Crippen molar-refractivity contribution in [2.24, 2.45) is 0 Å². The molecule has 0 amide bonds. The molecule has 2 rings (SSSR count). The topological polar surface area (TPSA) is 12.9 Å². The summed E-state index contributed by atoms with van der Waals surface area (Å²) in [4.78, 5) is 4.18. The van der Waals surface area contributed by atoms with Gasteiger partial charge in [0.2, 0.25) is 0 Å². The van der Waals surface area contributed by atoms with Crippen LogP contribution in [0.1, 0.15) is 20.8 Å². The Morgan fingerprint density at radius 2 is 1.47 bits per heavy atom. The number of fused-ring (bicyclic) bond motifs is 1. The van der Waals surface area contributed by atoms with Crippen LogP contribution in [0.4, 0.5) is 0 Å². The van der Waals surface area contributed by atoms with Gasteiger partial charge < -0.3 is 0 Å². The van der Waals surface area contributed by atoms with Crippen molar-refractivity contribution in [3.8, 4) is 0 Å². The van der Waals surface area contributed by atoms with Gasteiger partial charge in [-0.1, -0.05) is 63.2 Å². The van der Waals surface area contributed by atoms with E-state index in [2.05, 4.69) is 37.9 Å². The van der Waals surface area contributed by atoms with Crippen LogP contribution in [0, 0.1) is 0 Å². The van der Waals surface area contributed by atoms with Crippen LogP contribution in [0.3, 0.4) is 0 Å². The first-order valence-corrected chi connectivity index (χ1v) is 8.57. The van der Waals surface area contributed by atoms with Crippen LogP contribution in [-0.2, 0) is 0 Å². The maximum Gasteiger partial charge on any atom is 0.0701 e. The van der Waals surface area contributed by atoms with E-state index in [1.165, 1.54) is 23.5 Å². The Bertz CT molecular complexity index is 353. The van der Waals surface area contributed by atoms with E-state index in [9.17, 15) is 0 Å². The van der Waals surface area contributed by atoms with Crippen LogP contribution in [0.2, 0.25) is 18.1 Å². The smallest absolute Gasteiger partial charge is 0.0701 e. The summed E-state index contributed by atoms with van der Waals surface area (Å²) in [6, 6.07) is 16.5. The zero-order valence-corrected chi connectivity index (χ0v) is 12.1. The molecule has 0 aliphatic rings. The van der Waals surface area contributed by atoms with Crippen molar-refractivity contribution < 1.29 is 0 Å². The fourth-order valence-electron chi connectivity index (χ4n) is 1.77. The Morgan fingerprint density at radius 3 is 2.00 bits per heavy atom. The number of hydrogen-bond donors (Lipinski definition) is 0. The summed E-state index contributed by atoms with van der Waals surface area (Å²) in [5.41, 5.74) is 1.06. The summed E-state index contributed by atoms with van der Waals surface area (Å²) in [5, 5.41) is 1.20. The van der Waals surface area contributed by atoms with Crippen LogP contribution in [-0.4, -0.2) is 13.8 Å². The quantitative estimate of drug-likeness (QED) is 0.708. The summed E-state index contributed by atoms with van der Waals surface area (Å²) in [6.07, 6.45) is 1.81. The second-order valence-corrected chi connectivity index (χ2v) is 7.63. The molecule has 0 unspecified atom stereocenters. The molecule has 2 aromatic rings. The van der Waals surface area contributed by atoms with Gasteiger partial charge in [0, 0.05) is 20.4 Å². The molecule has 0 fully saturated rings. The Morgan fingerprint density at radius 1 is 0.882 bits per heavy atom. The predicted molar refractivity (Wildman–Crippen MR) is 78.9 cm³/mol. The standard InChI is InChI=1S/C9H7N.C6H15Si/c1-2-6-9-8(4-1)5-3-7-10-9;1-4-7(5-2)6-3/h1-7H;4-6H2,1-3H3. The zero-order valence-electron chi connectivity index (χ0n) is 11.1. The molecule has 91 valence electrons. The average Bonchev–Trinajstić information content (AvgIpc) is 2.42. The van der Waals surface area contributed by atoms with Gasteiger partial charge in [-0.15, -0.1) is 0 Å². The molecule has 17 heavy (non-hydrogen) atoms. The third-order valence-corrected chi connectivity index (χ3v) is 6.01. The van der Waals surface area contributed by atoms with E-state index < -0.39 is 0 Å². The van der Waals surface area contributed by atoms with Crippen LogP contribution < -0.4 is 0 Å². The number of hydrogen-bond acceptors (Lipinski definition) is 1. The van der Waals surface area contributed by atoms with Crippen LogP contribution in [0.15, 0.2) is 42.6 Å². The largest absolute Gasteiger partial charge is 0.256 e. The number of nitrogens with zero attached hydrogens (tertiary/aromatic N) is 1. The van der Waals surface area contributed by atoms with Gasteiger partial charge in [0.25, 0.3) is 0 Å². The van der Waals surface area contributed by atoms with Crippen molar-refractivity contribution in [2.45, 2.75) is 38.9 Å². The van der Waals surface area contributed by atoms with Gasteiger partial charge >= 0.3 is 0 Å². The van der Waals surface area contributed by atoms with E-state index in [1.54, 1.807) is 0 Å². The highest BCUT2D eigenvalue weighted by Gasteiger charge is 1.98. The molecule has 0 N–H and O–H groups in total. The van der Waals surface area contributed by atoms with Crippen LogP contribution >= 0.6 is 0 Å². The maximum absolute atomic E-state index is 4.18. The zero-order chi connectivity index (χ0) is 12.5. The van der Waals surface area contributed by atoms with Crippen molar-refractivity contribution in [1.82, 2.24) is 4.98 Å². The molecule has 0 atom stereocenters. The number of para-hydroxylation sites is 1. The number of aromatic nitrogens is 1. The van der Waals surface area contributed by atoms with E-state index in [0.717, 1.165) is 5.52 Å². The molecule has 2 heteroatoms. The molecule has 0 aliphatic carbocycles. The highest BCUT2D eigenvalue weighted by Crippen LogP contribution is 2.07. The molecule has 1 aromatic carbocycles. The van der Waals surface area contributed by atoms with E-state index in [0.29, 0.717) is 0 Å². The predicted octanol–water partition coefficient (Wildman–Crippen LogP) is 4.78. The highest BCUT2D eigenvalue weighted by molar-refractivity contribution is 6.58. The van der Waals surface area contributed by atoms with Crippen LogP contribution in [0.5, 0.6) is 0 Å². The summed E-state index contributed by atoms with van der Waals surface area (Å²) in [6.45, 7) is 6.92. The first-order valence-electron chi connectivity index (χ1n) is 6.45. The summed E-state index contributed by atoms with van der Waals surface area (Å²) < 4.78 is 0. The molecule has 1 heterocycles. The first kappa shape index (κ1) is 13.9. The molecule has 1 radical (unpaired) electrons. The summed E-state index contributed by atoms with van der Waals surface area (Å²) >= 11 is 0. The molecule has 0 saturated heterocycles. The lowest BCUT2D eigenvalue weighted by Gasteiger charge is -2.02. The highest BCUT2D eigenvalue weighted by atomic mass is 28.3. The minimum Gasteiger partial charge on any atom is -0.256 e. The Kier molecular flexibility index (Phi) is 6.56. The minimum absolute atomic E-state index is 0.137. The number of rotatable bonds is 3. The number of pyridine rings is 1. The lowest BCUT2D eigenvalue weighted by atomic mass is 10.2. The van der Waals surface area contributed by atoms with Gasteiger partial charge in [-0.05, 0) is 12.1 Å². The summed E-state index contributed by atoms with van der Waals surface area (Å²) in [7, 11) is 0.137. The minimum atomic E-state index is 0.137. The molecule has 0 aliphatic heterocycles. The van der Waals surface area contributed by atoms with Gasteiger partial charge in [0.1, 0.15) is 0 Å². The fraction of sp³-hybridized carbons (Fsp3) is 0.400. The lowest BCUT2D eigenvalue weighted by molar-refractivity contribution is 1.24. The van der Waals surface area contributed by atoms with E-state index in [-0.39, 0.29) is 8.80 Å². The van der Waals surface area contributed by atoms with Crippen molar-refractivity contribution in [1.29, 1.82) is 0 Å². The molecule has 0 spiro atoms. The van der Waals surface area contributed by atoms with Gasteiger partial charge in [-0.2, -0.15) is 0 Å². The Labute approximate surface area is 107 Å². The third kappa shape index (κ3) is 4.69. The molecule has 1 nitrogen and oxygen atoms in total. The normalized spacial score (nSPS) is 10.1. The Hall–Kier alpha value is -1.15. The number of benzene rings is 1. The SMILES string of the molecule is CC[Si](CC)CC.c1ccc2ncccc2c1. The van der Waals surface area contributed by atoms with E-state index in [1.807, 2.05) is 30.5 Å². The van der Waals surface area contributed by atoms with Crippen molar-refractivity contribution in [3.05, 3.63) is 42.6 Å². The monoisotopic (exact) mass is 244 g/mol. The van der Waals surface area contributed by atoms with Gasteiger partial charge in [0.15, 0.2) is 0 Å². The average molecular weight is 244 g/mol. The molecule has 0 bridgehead atoms. The van der Waals surface area contributed by atoms with Gasteiger partial charge in [-0.25, -0.2) is 0 Å². The van der Waals surface area contributed by atoms with E-state index in [4.69, 9.17) is 0 Å². The molecular formula is C15H22NSi. The second-order valence-electron chi connectivity index (χ2n) is 4.01. The second kappa shape index (κ2) is 8.01. The fourth-order valence-corrected chi connectivity index (χ4v) is 3.27. The van der Waals surface area contributed by atoms with Gasteiger partial charge in [-0.3, -0.25) is 4.98 Å². The maximum atomic E-state index is 4.18. The first-order chi connectivity index (χ1) is 8.31. The molecule has 1 aromatic heterocycles. The lowest BCUT2D eigenvalue weighted by Crippen LogP contribution is -2.04. The van der Waals surface area contributed by atoms with Crippen molar-refractivity contribution in [2.75, 3.05) is 0 Å².